The first-order chi connectivity index (χ1) is 7.48. The van der Waals surface area contributed by atoms with Gasteiger partial charge in [-0.3, -0.25) is 4.90 Å². The van der Waals surface area contributed by atoms with Gasteiger partial charge in [0, 0.05) is 21.9 Å². The molecule has 1 fully saturated rings. The number of halogens is 1. The highest BCUT2D eigenvalue weighted by molar-refractivity contribution is 9.10. The number of hydrogen-bond donors (Lipinski definition) is 0. The molecule has 0 radical (unpaired) electrons. The van der Waals surface area contributed by atoms with Crippen LogP contribution >= 0.6 is 27.3 Å². The maximum absolute atomic E-state index is 11.4. The number of thiophene rings is 1. The van der Waals surface area contributed by atoms with E-state index in [1.165, 1.54) is 4.88 Å². The molecule has 0 aliphatic carbocycles. The Labute approximate surface area is 109 Å². The molecule has 1 aliphatic heterocycles. The Hall–Kier alpha value is 0.0900. The van der Waals surface area contributed by atoms with Crippen LogP contribution in [-0.2, 0) is 16.4 Å². The highest BCUT2D eigenvalue weighted by atomic mass is 79.9. The molecule has 16 heavy (non-hydrogen) atoms. The van der Waals surface area contributed by atoms with Crippen LogP contribution in [0, 0.1) is 0 Å². The lowest BCUT2D eigenvalue weighted by atomic mass is 10.2. The van der Waals surface area contributed by atoms with E-state index in [1.54, 1.807) is 11.3 Å². The maximum Gasteiger partial charge on any atom is 0.151 e. The molecule has 0 unspecified atom stereocenters. The molecule has 6 heteroatoms. The molecule has 0 saturated carbocycles. The monoisotopic (exact) mass is 323 g/mol. The van der Waals surface area contributed by atoms with Crippen LogP contribution in [0.1, 0.15) is 11.3 Å². The Morgan fingerprint density at radius 1 is 1.62 bits per heavy atom. The van der Waals surface area contributed by atoms with Gasteiger partial charge >= 0.3 is 0 Å². The molecule has 2 heterocycles. The molecule has 0 spiro atoms. The molecule has 0 amide bonds. The molecular weight excluding hydrogens is 310 g/mol. The Balaban J connectivity index is 2.00. The summed E-state index contributed by atoms with van der Waals surface area (Å²) in [5, 5.41) is 2.04. The number of hydrogen-bond acceptors (Lipinski definition) is 4. The normalized spacial score (nSPS) is 24.1. The third-order valence-electron chi connectivity index (χ3n) is 2.92. The molecule has 90 valence electrons. The Morgan fingerprint density at radius 3 is 2.88 bits per heavy atom. The predicted octanol–water partition coefficient (Wildman–Crippen LogP) is 2.13. The maximum atomic E-state index is 11.4. The van der Waals surface area contributed by atoms with Gasteiger partial charge in [0.2, 0.25) is 0 Å². The Kier molecular flexibility index (Phi) is 3.73. The van der Waals surface area contributed by atoms with Crippen LogP contribution in [0.25, 0.3) is 0 Å². The van der Waals surface area contributed by atoms with Crippen molar-refractivity contribution < 1.29 is 8.42 Å². The van der Waals surface area contributed by atoms with E-state index >= 15 is 0 Å². The second-order valence-corrected chi connectivity index (χ2v) is 8.25. The topological polar surface area (TPSA) is 37.4 Å². The smallest absolute Gasteiger partial charge is 0.151 e. The van der Waals surface area contributed by atoms with E-state index in [0.717, 1.165) is 17.4 Å². The van der Waals surface area contributed by atoms with Crippen molar-refractivity contribution in [2.45, 2.75) is 19.0 Å². The van der Waals surface area contributed by atoms with E-state index in [9.17, 15) is 8.42 Å². The van der Waals surface area contributed by atoms with Gasteiger partial charge in [0.05, 0.1) is 11.5 Å². The fourth-order valence-corrected chi connectivity index (χ4v) is 5.26. The van der Waals surface area contributed by atoms with Crippen molar-refractivity contribution in [2.24, 2.45) is 0 Å². The summed E-state index contributed by atoms with van der Waals surface area (Å²) in [6, 6.07) is 2.21. The quantitative estimate of drug-likeness (QED) is 0.855. The molecule has 0 bridgehead atoms. The van der Waals surface area contributed by atoms with Crippen molar-refractivity contribution in [1.29, 1.82) is 0 Å². The molecule has 1 atom stereocenters. The second kappa shape index (κ2) is 4.76. The van der Waals surface area contributed by atoms with Crippen molar-refractivity contribution in [3.05, 3.63) is 20.8 Å². The zero-order valence-corrected chi connectivity index (χ0v) is 12.2. The van der Waals surface area contributed by atoms with Gasteiger partial charge in [-0.1, -0.05) is 0 Å². The SMILES string of the molecule is CN(Cc1sccc1Br)[C@@H]1CCS(=O)(=O)C1. The van der Waals surface area contributed by atoms with Crippen molar-refractivity contribution >= 4 is 37.1 Å². The number of sulfone groups is 1. The highest BCUT2D eigenvalue weighted by Gasteiger charge is 2.30. The first kappa shape index (κ1) is 12.5. The molecule has 2 rings (SSSR count). The molecule has 1 aromatic heterocycles. The first-order valence-corrected chi connectivity index (χ1v) is 8.60. The van der Waals surface area contributed by atoms with Gasteiger partial charge in [-0.05, 0) is 40.8 Å². The van der Waals surface area contributed by atoms with Gasteiger partial charge in [0.15, 0.2) is 9.84 Å². The summed E-state index contributed by atoms with van der Waals surface area (Å²) in [5.41, 5.74) is 0. The minimum absolute atomic E-state index is 0.180. The fraction of sp³-hybridized carbons (Fsp3) is 0.600. The van der Waals surface area contributed by atoms with Crippen molar-refractivity contribution in [3.8, 4) is 0 Å². The predicted molar refractivity (Wildman–Crippen MR) is 70.5 cm³/mol. The number of nitrogens with zero attached hydrogens (tertiary/aromatic N) is 1. The summed E-state index contributed by atoms with van der Waals surface area (Å²) in [7, 11) is -0.782. The van der Waals surface area contributed by atoms with Gasteiger partial charge in [-0.25, -0.2) is 8.42 Å². The van der Waals surface area contributed by atoms with Crippen LogP contribution in [0.2, 0.25) is 0 Å². The van der Waals surface area contributed by atoms with Gasteiger partial charge in [0.1, 0.15) is 0 Å². The van der Waals surface area contributed by atoms with E-state index in [1.807, 2.05) is 18.5 Å². The van der Waals surface area contributed by atoms with Gasteiger partial charge in [-0.2, -0.15) is 0 Å². The molecule has 0 aromatic carbocycles. The second-order valence-electron chi connectivity index (χ2n) is 4.16. The molecule has 1 aromatic rings. The van der Waals surface area contributed by atoms with E-state index in [-0.39, 0.29) is 6.04 Å². The van der Waals surface area contributed by atoms with E-state index in [4.69, 9.17) is 0 Å². The summed E-state index contributed by atoms with van der Waals surface area (Å²) in [4.78, 5) is 3.40. The third-order valence-corrected chi connectivity index (χ3v) is 6.58. The largest absolute Gasteiger partial charge is 0.297 e. The Morgan fingerprint density at radius 2 is 2.38 bits per heavy atom. The van der Waals surface area contributed by atoms with E-state index in [0.29, 0.717) is 11.5 Å². The van der Waals surface area contributed by atoms with Gasteiger partial charge in [-0.15, -0.1) is 11.3 Å². The summed E-state index contributed by atoms with van der Waals surface area (Å²) >= 11 is 5.19. The zero-order chi connectivity index (χ0) is 11.8. The third kappa shape index (κ3) is 2.85. The fourth-order valence-electron chi connectivity index (χ4n) is 1.92. The molecule has 0 N–H and O–H groups in total. The zero-order valence-electron chi connectivity index (χ0n) is 9.02. The van der Waals surface area contributed by atoms with E-state index < -0.39 is 9.84 Å². The minimum Gasteiger partial charge on any atom is -0.297 e. The average molecular weight is 324 g/mol. The molecule has 3 nitrogen and oxygen atoms in total. The van der Waals surface area contributed by atoms with Crippen LogP contribution in [0.5, 0.6) is 0 Å². The van der Waals surface area contributed by atoms with Crippen molar-refractivity contribution in [1.82, 2.24) is 4.90 Å². The van der Waals surface area contributed by atoms with E-state index in [2.05, 4.69) is 20.8 Å². The lowest BCUT2D eigenvalue weighted by Crippen LogP contribution is -2.31. The van der Waals surface area contributed by atoms with Crippen molar-refractivity contribution in [2.75, 3.05) is 18.6 Å². The number of rotatable bonds is 3. The van der Waals surface area contributed by atoms with Crippen LogP contribution in [0.15, 0.2) is 15.9 Å². The summed E-state index contributed by atoms with van der Waals surface area (Å²) < 4.78 is 23.9. The lowest BCUT2D eigenvalue weighted by molar-refractivity contribution is 0.255. The lowest BCUT2D eigenvalue weighted by Gasteiger charge is -2.22. The van der Waals surface area contributed by atoms with Gasteiger partial charge < -0.3 is 0 Å². The standard InChI is InChI=1S/C10H14BrNO2S2/c1-12(6-10-9(11)2-4-15-10)8-3-5-16(13,14)7-8/h2,4,8H,3,5-7H2,1H3/t8-/m1/s1. The van der Waals surface area contributed by atoms with Crippen molar-refractivity contribution in [3.63, 3.8) is 0 Å². The van der Waals surface area contributed by atoms with Crippen LogP contribution in [-0.4, -0.2) is 37.9 Å². The minimum atomic E-state index is -2.78. The first-order valence-electron chi connectivity index (χ1n) is 5.10. The molecule has 1 saturated heterocycles. The summed E-state index contributed by atoms with van der Waals surface area (Å²) in [5.74, 6) is 0.653. The van der Waals surface area contributed by atoms with Crippen LogP contribution < -0.4 is 0 Å². The Bertz CT molecular complexity index is 469. The summed E-state index contributed by atoms with van der Waals surface area (Å²) in [6.45, 7) is 0.818. The average Bonchev–Trinajstić information content (AvgIpc) is 2.74. The summed E-state index contributed by atoms with van der Waals surface area (Å²) in [6.07, 6.45) is 0.766. The highest BCUT2D eigenvalue weighted by Crippen LogP contribution is 2.26. The van der Waals surface area contributed by atoms with Gasteiger partial charge in [0.25, 0.3) is 0 Å². The van der Waals surface area contributed by atoms with Crippen LogP contribution in [0.3, 0.4) is 0 Å². The molecular formula is C10H14BrNO2S2. The van der Waals surface area contributed by atoms with Crippen LogP contribution in [0.4, 0.5) is 0 Å². The molecule has 1 aliphatic rings.